The van der Waals surface area contributed by atoms with Crippen LogP contribution in [0, 0.1) is 17.8 Å². The molecule has 0 aromatic rings. The van der Waals surface area contributed by atoms with Crippen molar-refractivity contribution in [2.45, 2.75) is 71.2 Å². The summed E-state index contributed by atoms with van der Waals surface area (Å²) in [7, 11) is 3.29. The molecule has 1 saturated carbocycles. The summed E-state index contributed by atoms with van der Waals surface area (Å²) < 4.78 is 5.22. The van der Waals surface area contributed by atoms with Crippen LogP contribution in [0.25, 0.3) is 0 Å². The van der Waals surface area contributed by atoms with Crippen LogP contribution in [0.3, 0.4) is 0 Å². The Morgan fingerprint density at radius 3 is 2.21 bits per heavy atom. The summed E-state index contributed by atoms with van der Waals surface area (Å²) in [4.78, 5) is 38.3. The number of hydrogen-bond donors (Lipinski definition) is 4. The number of rotatable bonds is 9. The van der Waals surface area contributed by atoms with Crippen LogP contribution >= 0.6 is 0 Å². The molecule has 1 aliphatic carbocycles. The van der Waals surface area contributed by atoms with Gasteiger partial charge in [-0.25, -0.2) is 4.79 Å². The Hall–Kier alpha value is -1.87. The molecule has 0 heterocycles. The van der Waals surface area contributed by atoms with E-state index in [1.165, 1.54) is 4.90 Å². The molecular weight excluding hydrogens is 378 g/mol. The number of hydrogen-bond acceptors (Lipinski definition) is 6. The van der Waals surface area contributed by atoms with Crippen LogP contribution in [0.1, 0.15) is 47.5 Å². The van der Waals surface area contributed by atoms with Crippen LogP contribution < -0.4 is 10.6 Å². The molecule has 168 valence electrons. The summed E-state index contributed by atoms with van der Waals surface area (Å²) in [6, 6.07) is -1.80. The van der Waals surface area contributed by atoms with Gasteiger partial charge < -0.3 is 30.5 Å². The summed E-state index contributed by atoms with van der Waals surface area (Å²) in [5.74, 6) is -1.11. The van der Waals surface area contributed by atoms with Crippen molar-refractivity contribution in [2.24, 2.45) is 17.8 Å². The Balaban J connectivity index is 2.75. The van der Waals surface area contributed by atoms with Gasteiger partial charge in [-0.05, 0) is 45.4 Å². The summed E-state index contributed by atoms with van der Waals surface area (Å²) >= 11 is 0. The smallest absolute Gasteiger partial charge is 0.408 e. The highest BCUT2D eigenvalue weighted by atomic mass is 16.6. The van der Waals surface area contributed by atoms with Crippen LogP contribution in [0.4, 0.5) is 4.79 Å². The topological polar surface area (TPSA) is 128 Å². The first-order valence-corrected chi connectivity index (χ1v) is 10.1. The summed E-state index contributed by atoms with van der Waals surface area (Å²) in [5, 5.41) is 25.4. The number of carbonyl (C=O) groups excluding carboxylic acids is 3. The second-order valence-corrected chi connectivity index (χ2v) is 9.36. The summed E-state index contributed by atoms with van der Waals surface area (Å²) in [5.41, 5.74) is -0.702. The van der Waals surface area contributed by atoms with Crippen LogP contribution in [-0.4, -0.2) is 77.5 Å². The number of alkyl carbamates (subject to hydrolysis) is 1. The van der Waals surface area contributed by atoms with Gasteiger partial charge in [-0.2, -0.15) is 0 Å². The second kappa shape index (κ2) is 10.2. The number of ether oxygens (including phenoxy) is 1. The molecule has 0 saturated heterocycles. The Kier molecular flexibility index (Phi) is 8.89. The Labute approximate surface area is 173 Å². The first kappa shape index (κ1) is 25.2. The molecule has 0 aromatic carbocycles. The van der Waals surface area contributed by atoms with E-state index in [1.807, 2.05) is 13.8 Å². The van der Waals surface area contributed by atoms with E-state index in [0.29, 0.717) is 12.8 Å². The fraction of sp³-hybridized carbons (Fsp3) is 0.850. The molecule has 1 aliphatic rings. The van der Waals surface area contributed by atoms with Gasteiger partial charge in [0.25, 0.3) is 0 Å². The van der Waals surface area contributed by atoms with Crippen molar-refractivity contribution in [2.75, 3.05) is 20.7 Å². The quantitative estimate of drug-likeness (QED) is 0.434. The van der Waals surface area contributed by atoms with Crippen molar-refractivity contribution in [3.05, 3.63) is 0 Å². The van der Waals surface area contributed by atoms with Gasteiger partial charge in [-0.1, -0.05) is 13.8 Å². The van der Waals surface area contributed by atoms with Crippen molar-refractivity contribution in [1.29, 1.82) is 0 Å². The molecule has 1 rings (SSSR count). The molecule has 5 atom stereocenters. The predicted molar refractivity (Wildman–Crippen MR) is 108 cm³/mol. The molecule has 0 unspecified atom stereocenters. The van der Waals surface area contributed by atoms with Crippen LogP contribution in [0.15, 0.2) is 0 Å². The van der Waals surface area contributed by atoms with Crippen LogP contribution in [-0.2, 0) is 14.3 Å². The van der Waals surface area contributed by atoms with Gasteiger partial charge >= 0.3 is 6.09 Å². The highest BCUT2D eigenvalue weighted by molar-refractivity contribution is 5.86. The molecule has 0 spiro atoms. The standard InChI is InChI=1S/C20H37N3O6/c1-11(2)8-14(22-19(28)29-20(3,4)5)17(26)21-15(10-24)16(25)12-9-13(12)18(27)23(6)7/h11-16,24-25H,8-10H2,1-7H3,(H,21,26)(H,22,28)/t12-,13+,14+,15+,16-/m1/s1. The zero-order valence-corrected chi connectivity index (χ0v) is 18.6. The number of aliphatic hydroxyl groups is 2. The third-order valence-corrected chi connectivity index (χ3v) is 4.69. The third-order valence-electron chi connectivity index (χ3n) is 4.69. The Bertz CT molecular complexity index is 587. The Morgan fingerprint density at radius 2 is 1.76 bits per heavy atom. The minimum Gasteiger partial charge on any atom is -0.444 e. The lowest BCUT2D eigenvalue weighted by Gasteiger charge is -2.27. The number of nitrogens with one attached hydrogen (secondary N) is 2. The highest BCUT2D eigenvalue weighted by Gasteiger charge is 2.50. The molecule has 0 aromatic heterocycles. The fourth-order valence-electron chi connectivity index (χ4n) is 3.18. The fourth-order valence-corrected chi connectivity index (χ4v) is 3.18. The van der Waals surface area contributed by atoms with E-state index in [-0.39, 0.29) is 23.7 Å². The van der Waals surface area contributed by atoms with Crippen molar-refractivity contribution < 1.29 is 29.3 Å². The maximum atomic E-state index is 12.7. The van der Waals surface area contributed by atoms with E-state index in [0.717, 1.165) is 0 Å². The second-order valence-electron chi connectivity index (χ2n) is 9.36. The van der Waals surface area contributed by atoms with Crippen LogP contribution in [0.5, 0.6) is 0 Å². The number of carbonyl (C=O) groups is 3. The van der Waals surface area contributed by atoms with Gasteiger partial charge in [-0.15, -0.1) is 0 Å². The molecule has 9 heteroatoms. The number of aliphatic hydroxyl groups excluding tert-OH is 2. The average Bonchev–Trinajstić information content (AvgIpc) is 3.35. The van der Waals surface area contributed by atoms with Crippen molar-refractivity contribution in [1.82, 2.24) is 15.5 Å². The zero-order chi connectivity index (χ0) is 22.5. The molecule has 0 radical (unpaired) electrons. The lowest BCUT2D eigenvalue weighted by Crippen LogP contribution is -2.55. The lowest BCUT2D eigenvalue weighted by molar-refractivity contribution is -0.130. The van der Waals surface area contributed by atoms with Gasteiger partial charge in [0, 0.05) is 20.0 Å². The largest absolute Gasteiger partial charge is 0.444 e. The third kappa shape index (κ3) is 8.18. The molecule has 1 fully saturated rings. The first-order valence-electron chi connectivity index (χ1n) is 10.1. The van der Waals surface area contributed by atoms with Crippen molar-refractivity contribution in [3.8, 4) is 0 Å². The van der Waals surface area contributed by atoms with Gasteiger partial charge in [0.1, 0.15) is 11.6 Å². The summed E-state index contributed by atoms with van der Waals surface area (Å²) in [6.07, 6.45) is -0.891. The van der Waals surface area contributed by atoms with Gasteiger partial charge in [-0.3, -0.25) is 9.59 Å². The first-order chi connectivity index (χ1) is 13.3. The van der Waals surface area contributed by atoms with E-state index in [1.54, 1.807) is 34.9 Å². The molecule has 0 aliphatic heterocycles. The van der Waals surface area contributed by atoms with Gasteiger partial charge in [0.15, 0.2) is 0 Å². The molecular formula is C20H37N3O6. The summed E-state index contributed by atoms with van der Waals surface area (Å²) in [6.45, 7) is 8.53. The maximum Gasteiger partial charge on any atom is 0.408 e. The number of nitrogens with zero attached hydrogens (tertiary/aromatic N) is 1. The van der Waals surface area contributed by atoms with Gasteiger partial charge in [0.2, 0.25) is 11.8 Å². The molecule has 9 nitrogen and oxygen atoms in total. The van der Waals surface area contributed by atoms with E-state index >= 15 is 0 Å². The molecule has 4 N–H and O–H groups in total. The predicted octanol–water partition coefficient (Wildman–Crippen LogP) is 0.488. The monoisotopic (exact) mass is 415 g/mol. The van der Waals surface area contributed by atoms with Crippen LogP contribution in [0.2, 0.25) is 0 Å². The molecule has 29 heavy (non-hydrogen) atoms. The normalized spacial score (nSPS) is 21.7. The highest BCUT2D eigenvalue weighted by Crippen LogP contribution is 2.43. The van der Waals surface area contributed by atoms with Gasteiger partial charge in [0.05, 0.1) is 18.8 Å². The molecule has 0 bridgehead atoms. The SMILES string of the molecule is CC(C)C[C@H](NC(=O)OC(C)(C)C)C(=O)N[C@@H](CO)[C@H](O)[C@@H]1C[C@@H]1C(=O)N(C)C. The average molecular weight is 416 g/mol. The van der Waals surface area contributed by atoms with E-state index in [2.05, 4.69) is 10.6 Å². The van der Waals surface area contributed by atoms with Crippen molar-refractivity contribution in [3.63, 3.8) is 0 Å². The maximum absolute atomic E-state index is 12.7. The van der Waals surface area contributed by atoms with E-state index in [9.17, 15) is 24.6 Å². The van der Waals surface area contributed by atoms with Crippen molar-refractivity contribution >= 4 is 17.9 Å². The van der Waals surface area contributed by atoms with E-state index in [4.69, 9.17) is 4.74 Å². The molecule has 3 amide bonds. The minimum absolute atomic E-state index is 0.0821. The lowest BCUT2D eigenvalue weighted by atomic mass is 10.0. The number of amides is 3. The minimum atomic E-state index is -1.06. The van der Waals surface area contributed by atoms with E-state index < -0.39 is 42.4 Å². The Morgan fingerprint density at radius 1 is 1.17 bits per heavy atom. The zero-order valence-electron chi connectivity index (χ0n) is 18.6.